The number of piperazine rings is 1. The molecule has 2 heterocycles. The summed E-state index contributed by atoms with van der Waals surface area (Å²) in [6.07, 6.45) is 3.47. The molecule has 1 atom stereocenters. The Bertz CT molecular complexity index is 948. The fourth-order valence-corrected chi connectivity index (χ4v) is 4.85. The average molecular weight is 449 g/mol. The maximum absolute atomic E-state index is 13.5. The van der Waals surface area contributed by atoms with Crippen molar-refractivity contribution in [3.63, 3.8) is 0 Å². The van der Waals surface area contributed by atoms with Crippen molar-refractivity contribution in [2.75, 3.05) is 51.1 Å². The van der Waals surface area contributed by atoms with Crippen LogP contribution in [0.3, 0.4) is 0 Å². The van der Waals surface area contributed by atoms with E-state index in [1.165, 1.54) is 6.42 Å². The van der Waals surface area contributed by atoms with Gasteiger partial charge < -0.3 is 10.2 Å². The smallest absolute Gasteiger partial charge is 0.246 e. The summed E-state index contributed by atoms with van der Waals surface area (Å²) >= 11 is 0. The normalized spacial score (nSPS) is 18.7. The lowest BCUT2D eigenvalue weighted by atomic mass is 10.0. The maximum Gasteiger partial charge on any atom is 0.246 e. The molecule has 2 aliphatic heterocycles. The van der Waals surface area contributed by atoms with Crippen LogP contribution in [0.4, 0.5) is 5.69 Å². The fraction of sp³-hybridized carbons (Fsp3) is 0.481. The van der Waals surface area contributed by atoms with Gasteiger partial charge in [0.05, 0.1) is 6.54 Å². The molecule has 6 nitrogen and oxygen atoms in total. The van der Waals surface area contributed by atoms with E-state index in [9.17, 15) is 9.59 Å². The number of amides is 2. The number of hydrogen-bond acceptors (Lipinski definition) is 4. The largest absolute Gasteiger partial charge is 0.342 e. The third-order valence-electron chi connectivity index (χ3n) is 6.85. The van der Waals surface area contributed by atoms with Gasteiger partial charge in [-0.2, -0.15) is 0 Å². The van der Waals surface area contributed by atoms with Gasteiger partial charge in [-0.3, -0.25) is 19.4 Å². The third kappa shape index (κ3) is 6.01. The van der Waals surface area contributed by atoms with E-state index in [1.807, 2.05) is 61.2 Å². The molecule has 0 saturated carbocycles. The number of carbonyl (C=O) groups is 2. The van der Waals surface area contributed by atoms with E-state index in [0.29, 0.717) is 6.54 Å². The first-order chi connectivity index (χ1) is 16.0. The monoisotopic (exact) mass is 448 g/mol. The van der Waals surface area contributed by atoms with Crippen LogP contribution in [0.15, 0.2) is 48.5 Å². The number of anilines is 1. The van der Waals surface area contributed by atoms with Gasteiger partial charge in [0.1, 0.15) is 6.04 Å². The van der Waals surface area contributed by atoms with Crippen LogP contribution in [0.2, 0.25) is 0 Å². The molecule has 4 rings (SSSR count). The van der Waals surface area contributed by atoms with Crippen molar-refractivity contribution >= 4 is 17.5 Å². The minimum Gasteiger partial charge on any atom is -0.342 e. The zero-order chi connectivity index (χ0) is 23.2. The second kappa shape index (κ2) is 10.9. The second-order valence-corrected chi connectivity index (χ2v) is 9.37. The average Bonchev–Trinajstić information content (AvgIpc) is 2.84. The summed E-state index contributed by atoms with van der Waals surface area (Å²) < 4.78 is 0. The van der Waals surface area contributed by atoms with E-state index in [4.69, 9.17) is 0 Å². The molecule has 2 aliphatic rings. The summed E-state index contributed by atoms with van der Waals surface area (Å²) in [5, 5.41) is 3.18. The number of carbonyl (C=O) groups excluding carboxylic acids is 2. The molecular formula is C27H36N4O2. The first kappa shape index (κ1) is 23.5. The molecule has 1 unspecified atom stereocenters. The van der Waals surface area contributed by atoms with Crippen LogP contribution in [0.25, 0.3) is 0 Å². The quantitative estimate of drug-likeness (QED) is 0.734. The number of hydrogen-bond donors (Lipinski definition) is 1. The van der Waals surface area contributed by atoms with Gasteiger partial charge in [0, 0.05) is 45.0 Å². The van der Waals surface area contributed by atoms with Gasteiger partial charge in [0.15, 0.2) is 0 Å². The number of likely N-dealkylation sites (tertiary alicyclic amines) is 1. The Hall–Kier alpha value is -2.70. The molecule has 2 aromatic rings. The lowest BCUT2D eigenvalue weighted by Gasteiger charge is -2.39. The molecule has 0 radical (unpaired) electrons. The molecule has 6 heteroatoms. The van der Waals surface area contributed by atoms with E-state index in [-0.39, 0.29) is 17.9 Å². The second-order valence-electron chi connectivity index (χ2n) is 9.37. The summed E-state index contributed by atoms with van der Waals surface area (Å²) in [6, 6.07) is 15.8. The molecular weight excluding hydrogens is 412 g/mol. The summed E-state index contributed by atoms with van der Waals surface area (Å²) in [5.41, 5.74) is 4.05. The van der Waals surface area contributed by atoms with Crippen molar-refractivity contribution in [2.45, 2.75) is 39.2 Å². The van der Waals surface area contributed by atoms with Crippen LogP contribution in [0.5, 0.6) is 0 Å². The van der Waals surface area contributed by atoms with E-state index in [1.54, 1.807) is 0 Å². The van der Waals surface area contributed by atoms with Gasteiger partial charge in [-0.05, 0) is 55.9 Å². The van der Waals surface area contributed by atoms with Crippen LogP contribution in [-0.4, -0.2) is 72.3 Å². The van der Waals surface area contributed by atoms with E-state index in [0.717, 1.165) is 74.5 Å². The first-order valence-electron chi connectivity index (χ1n) is 12.2. The zero-order valence-electron chi connectivity index (χ0n) is 19.9. The Morgan fingerprint density at radius 3 is 2.27 bits per heavy atom. The van der Waals surface area contributed by atoms with Gasteiger partial charge in [0.25, 0.3) is 0 Å². The van der Waals surface area contributed by atoms with Crippen molar-refractivity contribution in [3.8, 4) is 0 Å². The molecule has 2 saturated heterocycles. The first-order valence-corrected chi connectivity index (χ1v) is 12.2. The Labute approximate surface area is 197 Å². The minimum absolute atomic E-state index is 0.00672. The maximum atomic E-state index is 13.5. The number of piperidine rings is 1. The summed E-state index contributed by atoms with van der Waals surface area (Å²) in [6.45, 7) is 9.43. The highest BCUT2D eigenvalue weighted by atomic mass is 16.2. The van der Waals surface area contributed by atoms with Crippen molar-refractivity contribution in [1.29, 1.82) is 0 Å². The highest BCUT2D eigenvalue weighted by Crippen LogP contribution is 2.26. The third-order valence-corrected chi connectivity index (χ3v) is 6.85. The molecule has 33 heavy (non-hydrogen) atoms. The number of nitrogens with zero attached hydrogens (tertiary/aromatic N) is 3. The summed E-state index contributed by atoms with van der Waals surface area (Å²) in [7, 11) is 0. The van der Waals surface area contributed by atoms with Crippen LogP contribution >= 0.6 is 0 Å². The van der Waals surface area contributed by atoms with Gasteiger partial charge in [-0.1, -0.05) is 42.5 Å². The summed E-state index contributed by atoms with van der Waals surface area (Å²) in [4.78, 5) is 32.7. The predicted octanol–water partition coefficient (Wildman–Crippen LogP) is 3.61. The number of aryl methyl sites for hydroxylation is 2. The predicted molar refractivity (Wildman–Crippen MR) is 132 cm³/mol. The molecule has 2 aromatic carbocycles. The van der Waals surface area contributed by atoms with Crippen molar-refractivity contribution in [3.05, 3.63) is 65.2 Å². The van der Waals surface area contributed by atoms with Crippen LogP contribution < -0.4 is 5.32 Å². The highest BCUT2D eigenvalue weighted by molar-refractivity contribution is 5.96. The lowest BCUT2D eigenvalue weighted by Crippen LogP contribution is -2.52. The SMILES string of the molecule is Cc1ccc(C)c(NC(=O)C(c2ccccc2)N2CCN(CC(=O)N3CCCCC3)CC2)c1. The standard InChI is InChI=1S/C27H36N4O2/c1-21-11-12-22(2)24(19-21)28-27(33)26(23-9-5-3-6-10-23)31-17-15-29(16-18-31)20-25(32)30-13-7-4-8-14-30/h3,5-6,9-12,19,26H,4,7-8,13-18,20H2,1-2H3,(H,28,33). The van der Waals surface area contributed by atoms with Crippen LogP contribution in [0.1, 0.15) is 42.0 Å². The van der Waals surface area contributed by atoms with Crippen molar-refractivity contribution in [2.24, 2.45) is 0 Å². The molecule has 0 spiro atoms. The van der Waals surface area contributed by atoms with Gasteiger partial charge in [-0.15, -0.1) is 0 Å². The summed E-state index contributed by atoms with van der Waals surface area (Å²) in [5.74, 6) is 0.239. The Kier molecular flexibility index (Phi) is 7.78. The highest BCUT2D eigenvalue weighted by Gasteiger charge is 2.31. The number of rotatable bonds is 6. The van der Waals surface area contributed by atoms with Crippen LogP contribution in [0, 0.1) is 13.8 Å². The van der Waals surface area contributed by atoms with Gasteiger partial charge >= 0.3 is 0 Å². The molecule has 1 N–H and O–H groups in total. The van der Waals surface area contributed by atoms with Crippen molar-refractivity contribution < 1.29 is 9.59 Å². The molecule has 2 amide bonds. The van der Waals surface area contributed by atoms with E-state index < -0.39 is 0 Å². The fourth-order valence-electron chi connectivity index (χ4n) is 4.85. The molecule has 0 aliphatic carbocycles. The zero-order valence-corrected chi connectivity index (χ0v) is 19.9. The van der Waals surface area contributed by atoms with Gasteiger partial charge in [-0.25, -0.2) is 0 Å². The molecule has 2 fully saturated rings. The molecule has 0 aromatic heterocycles. The molecule has 0 bridgehead atoms. The van der Waals surface area contributed by atoms with Gasteiger partial charge in [0.2, 0.25) is 11.8 Å². The topological polar surface area (TPSA) is 55.9 Å². The lowest BCUT2D eigenvalue weighted by molar-refractivity contribution is -0.134. The molecule has 176 valence electrons. The minimum atomic E-state index is -0.356. The van der Waals surface area contributed by atoms with E-state index in [2.05, 4.69) is 21.2 Å². The number of nitrogens with one attached hydrogen (secondary N) is 1. The van der Waals surface area contributed by atoms with E-state index >= 15 is 0 Å². The van der Waals surface area contributed by atoms with Crippen LogP contribution in [-0.2, 0) is 9.59 Å². The Balaban J connectivity index is 1.42. The van der Waals surface area contributed by atoms with Crippen molar-refractivity contribution in [1.82, 2.24) is 14.7 Å². The Morgan fingerprint density at radius 1 is 0.879 bits per heavy atom. The Morgan fingerprint density at radius 2 is 1.58 bits per heavy atom. The number of benzene rings is 2.